The first kappa shape index (κ1) is 18.2. The molecule has 0 radical (unpaired) electrons. The van der Waals surface area contributed by atoms with Gasteiger partial charge in [-0.2, -0.15) is 0 Å². The van der Waals surface area contributed by atoms with Gasteiger partial charge in [0.1, 0.15) is 6.10 Å². The van der Waals surface area contributed by atoms with E-state index in [0.717, 1.165) is 31.2 Å². The lowest BCUT2D eigenvalue weighted by Gasteiger charge is -2.31. The zero-order chi connectivity index (χ0) is 17.9. The normalized spacial score (nSPS) is 21.9. The molecule has 136 valence electrons. The van der Waals surface area contributed by atoms with E-state index in [1.165, 1.54) is 6.42 Å². The minimum Gasteiger partial charge on any atom is -0.347 e. The second-order valence-corrected chi connectivity index (χ2v) is 7.06. The number of amides is 2. The Labute approximate surface area is 152 Å². The number of rotatable bonds is 3. The number of hydrogen-bond acceptors (Lipinski definition) is 4. The zero-order valence-corrected chi connectivity index (χ0v) is 15.0. The Balaban J connectivity index is 1.46. The Bertz CT molecular complexity index is 658. The first-order valence-electron chi connectivity index (χ1n) is 8.65. The average Bonchev–Trinajstić information content (AvgIpc) is 2.99. The van der Waals surface area contributed by atoms with Gasteiger partial charge in [-0.3, -0.25) is 9.59 Å². The predicted octanol–water partition coefficient (Wildman–Crippen LogP) is 2.78. The van der Waals surface area contributed by atoms with Crippen LogP contribution in [0.1, 0.15) is 37.7 Å². The molecule has 1 saturated carbocycles. The molecular weight excluding hydrogens is 344 g/mol. The molecule has 2 N–H and O–H groups in total. The van der Waals surface area contributed by atoms with Crippen molar-refractivity contribution in [2.24, 2.45) is 0 Å². The van der Waals surface area contributed by atoms with Gasteiger partial charge in [-0.15, -0.1) is 0 Å². The molecule has 1 atom stereocenters. The third kappa shape index (κ3) is 4.51. The van der Waals surface area contributed by atoms with Gasteiger partial charge >= 0.3 is 11.8 Å². The summed E-state index contributed by atoms with van der Waals surface area (Å²) in [6.07, 6.45) is 4.97. The molecule has 0 aromatic heterocycles. The second-order valence-electron chi connectivity index (χ2n) is 6.65. The fourth-order valence-corrected chi connectivity index (χ4v) is 3.40. The van der Waals surface area contributed by atoms with Crippen LogP contribution < -0.4 is 10.6 Å². The lowest BCUT2D eigenvalue weighted by molar-refractivity contribution is -0.186. The van der Waals surface area contributed by atoms with Crippen LogP contribution in [0.4, 0.5) is 5.69 Å². The van der Waals surface area contributed by atoms with Crippen LogP contribution in [0.25, 0.3) is 0 Å². The Hall–Kier alpha value is -1.63. The molecule has 7 heteroatoms. The monoisotopic (exact) mass is 366 g/mol. The van der Waals surface area contributed by atoms with Crippen molar-refractivity contribution in [3.05, 3.63) is 28.8 Å². The van der Waals surface area contributed by atoms with Crippen molar-refractivity contribution in [3.8, 4) is 0 Å². The fourth-order valence-electron chi connectivity index (χ4n) is 3.22. The molecule has 2 amide bonds. The van der Waals surface area contributed by atoms with Crippen molar-refractivity contribution < 1.29 is 19.1 Å². The van der Waals surface area contributed by atoms with E-state index >= 15 is 0 Å². The summed E-state index contributed by atoms with van der Waals surface area (Å²) in [5.41, 5.74) is 1.39. The van der Waals surface area contributed by atoms with Gasteiger partial charge in [0.25, 0.3) is 0 Å². The first-order valence-corrected chi connectivity index (χ1v) is 9.02. The van der Waals surface area contributed by atoms with E-state index < -0.39 is 17.6 Å². The van der Waals surface area contributed by atoms with Crippen LogP contribution >= 0.6 is 11.6 Å². The number of halogens is 1. The fraction of sp³-hybridized carbons (Fsp3) is 0.556. The van der Waals surface area contributed by atoms with Gasteiger partial charge in [-0.1, -0.05) is 24.1 Å². The van der Waals surface area contributed by atoms with E-state index in [1.807, 2.05) is 6.92 Å². The zero-order valence-electron chi connectivity index (χ0n) is 14.3. The van der Waals surface area contributed by atoms with Crippen LogP contribution in [-0.4, -0.2) is 36.9 Å². The number of anilines is 1. The second kappa shape index (κ2) is 7.72. The third-order valence-corrected chi connectivity index (χ3v) is 5.06. The summed E-state index contributed by atoms with van der Waals surface area (Å²) in [6.45, 7) is 2.56. The highest BCUT2D eigenvalue weighted by Gasteiger charge is 2.42. The molecule has 1 aromatic rings. The SMILES string of the molecule is Cc1ccc(NC(=O)C(=O)NC[C@@H]2COC3(CCCCC3)O2)cc1Cl. The number of ether oxygens (including phenoxy) is 2. The van der Waals surface area contributed by atoms with Gasteiger partial charge in [0.05, 0.1) is 6.61 Å². The number of nitrogens with one attached hydrogen (secondary N) is 2. The molecule has 0 bridgehead atoms. The Kier molecular flexibility index (Phi) is 5.61. The summed E-state index contributed by atoms with van der Waals surface area (Å²) in [5.74, 6) is -1.91. The van der Waals surface area contributed by atoms with Crippen molar-refractivity contribution in [2.75, 3.05) is 18.5 Å². The summed E-state index contributed by atoms with van der Waals surface area (Å²) in [4.78, 5) is 23.9. The third-order valence-electron chi connectivity index (χ3n) is 4.66. The van der Waals surface area contributed by atoms with E-state index in [4.69, 9.17) is 21.1 Å². The predicted molar refractivity (Wildman–Crippen MR) is 94.5 cm³/mol. The minimum absolute atomic E-state index is 0.219. The van der Waals surface area contributed by atoms with Crippen LogP contribution in [0.15, 0.2) is 18.2 Å². The van der Waals surface area contributed by atoms with Crippen LogP contribution in [0.3, 0.4) is 0 Å². The molecular formula is C18H23ClN2O4. The van der Waals surface area contributed by atoms with Gasteiger partial charge in [0.15, 0.2) is 5.79 Å². The van der Waals surface area contributed by atoms with Crippen LogP contribution in [0.5, 0.6) is 0 Å². The molecule has 1 spiro atoms. The van der Waals surface area contributed by atoms with Gasteiger partial charge in [0.2, 0.25) is 0 Å². The summed E-state index contributed by atoms with van der Waals surface area (Å²) in [6, 6.07) is 5.10. The molecule has 6 nitrogen and oxygen atoms in total. The molecule has 1 heterocycles. The number of carbonyl (C=O) groups excluding carboxylic acids is 2. The smallest absolute Gasteiger partial charge is 0.313 e. The molecule has 1 aromatic carbocycles. The van der Waals surface area contributed by atoms with E-state index in [2.05, 4.69) is 10.6 Å². The topological polar surface area (TPSA) is 76.7 Å². The summed E-state index contributed by atoms with van der Waals surface area (Å²) < 4.78 is 11.8. The van der Waals surface area contributed by atoms with Crippen molar-refractivity contribution in [3.63, 3.8) is 0 Å². The molecule has 2 fully saturated rings. The van der Waals surface area contributed by atoms with E-state index in [-0.39, 0.29) is 12.6 Å². The highest BCUT2D eigenvalue weighted by atomic mass is 35.5. The lowest BCUT2D eigenvalue weighted by atomic mass is 9.94. The number of carbonyl (C=O) groups is 2. The van der Waals surface area contributed by atoms with E-state index in [9.17, 15) is 9.59 Å². The molecule has 25 heavy (non-hydrogen) atoms. The van der Waals surface area contributed by atoms with E-state index in [0.29, 0.717) is 17.3 Å². The highest BCUT2D eigenvalue weighted by molar-refractivity contribution is 6.39. The van der Waals surface area contributed by atoms with Crippen molar-refractivity contribution in [1.29, 1.82) is 0 Å². The van der Waals surface area contributed by atoms with E-state index in [1.54, 1.807) is 18.2 Å². The number of benzene rings is 1. The summed E-state index contributed by atoms with van der Waals surface area (Å²) in [5, 5.41) is 5.67. The maximum Gasteiger partial charge on any atom is 0.313 e. The van der Waals surface area contributed by atoms with Gasteiger partial charge in [-0.25, -0.2) is 0 Å². The van der Waals surface area contributed by atoms with Crippen LogP contribution in [0, 0.1) is 6.92 Å². The average molecular weight is 367 g/mol. The maximum atomic E-state index is 12.0. The molecule has 1 aliphatic heterocycles. The van der Waals surface area contributed by atoms with Crippen LogP contribution in [-0.2, 0) is 19.1 Å². The van der Waals surface area contributed by atoms with Crippen LogP contribution in [0.2, 0.25) is 5.02 Å². The molecule has 3 rings (SSSR count). The minimum atomic E-state index is -0.730. The number of hydrogen-bond donors (Lipinski definition) is 2. The van der Waals surface area contributed by atoms with Crippen molar-refractivity contribution in [1.82, 2.24) is 5.32 Å². The van der Waals surface area contributed by atoms with Crippen molar-refractivity contribution >= 4 is 29.1 Å². The number of aryl methyl sites for hydroxylation is 1. The quantitative estimate of drug-likeness (QED) is 0.806. The largest absolute Gasteiger partial charge is 0.347 e. The maximum absolute atomic E-state index is 12.0. The lowest BCUT2D eigenvalue weighted by Crippen LogP contribution is -2.41. The molecule has 2 aliphatic rings. The molecule has 1 saturated heterocycles. The molecule has 0 unspecified atom stereocenters. The molecule has 1 aliphatic carbocycles. The van der Waals surface area contributed by atoms with Gasteiger partial charge in [-0.05, 0) is 37.5 Å². The highest BCUT2D eigenvalue weighted by Crippen LogP contribution is 2.37. The Morgan fingerprint density at radius 1 is 1.24 bits per heavy atom. The standard InChI is InChI=1S/C18H23ClN2O4/c1-12-5-6-13(9-15(12)19)21-17(23)16(22)20-10-14-11-24-18(25-14)7-3-2-4-8-18/h5-6,9,14H,2-4,7-8,10-11H2,1H3,(H,20,22)(H,21,23)/t14-/m1/s1. The van der Waals surface area contributed by atoms with Crippen molar-refractivity contribution in [2.45, 2.75) is 50.9 Å². The summed E-state index contributed by atoms with van der Waals surface area (Å²) >= 11 is 6.01. The Morgan fingerprint density at radius 2 is 2.00 bits per heavy atom. The first-order chi connectivity index (χ1) is 12.0. The van der Waals surface area contributed by atoms with Gasteiger partial charge in [0, 0.05) is 30.1 Å². The van der Waals surface area contributed by atoms with Gasteiger partial charge < -0.3 is 20.1 Å². The summed E-state index contributed by atoms with van der Waals surface area (Å²) in [7, 11) is 0. The Morgan fingerprint density at radius 3 is 2.72 bits per heavy atom.